The number of aliphatic hydroxyl groups is 1. The molecule has 0 aromatic carbocycles. The predicted molar refractivity (Wildman–Crippen MR) is 55.0 cm³/mol. The van der Waals surface area contributed by atoms with Crippen LogP contribution in [0.3, 0.4) is 0 Å². The molecule has 0 saturated heterocycles. The summed E-state index contributed by atoms with van der Waals surface area (Å²) in [5, 5.41) is 9.12. The predicted octanol–water partition coefficient (Wildman–Crippen LogP) is 1.64. The molecule has 3 heteroatoms. The minimum absolute atomic E-state index is 0.0497. The van der Waals surface area contributed by atoms with Crippen LogP contribution < -0.4 is 0 Å². The second-order valence-corrected chi connectivity index (χ2v) is 3.69. The molecule has 0 fully saturated rings. The fraction of sp³-hybridized carbons (Fsp3) is 0.636. The zero-order chi connectivity index (χ0) is 11.1. The smallest absolute Gasteiger partial charge is 0.158 e. The molecule has 1 atom stereocenters. The minimum atomic E-state index is -1.12. The normalized spacial score (nSPS) is 12.0. The minimum Gasteiger partial charge on any atom is -0.385 e. The number of hydrogen-bond acceptors (Lipinski definition) is 3. The van der Waals surface area contributed by atoms with E-state index in [1.807, 2.05) is 19.9 Å². The van der Waals surface area contributed by atoms with E-state index in [1.165, 1.54) is 12.5 Å². The summed E-state index contributed by atoms with van der Waals surface area (Å²) in [5.74, 6) is -0.411. The molecule has 3 nitrogen and oxygen atoms in total. The van der Waals surface area contributed by atoms with E-state index in [9.17, 15) is 9.59 Å². The highest BCUT2D eigenvalue weighted by atomic mass is 16.3. The Balaban J connectivity index is 3.77. The Hall–Kier alpha value is -0.960. The highest BCUT2D eigenvalue weighted by Crippen LogP contribution is 2.03. The lowest BCUT2D eigenvalue weighted by atomic mass is 10.1. The lowest BCUT2D eigenvalue weighted by Crippen LogP contribution is -2.20. The molecule has 0 aliphatic carbocycles. The fourth-order valence-electron chi connectivity index (χ4n) is 0.983. The van der Waals surface area contributed by atoms with Gasteiger partial charge in [-0.2, -0.15) is 0 Å². The van der Waals surface area contributed by atoms with Gasteiger partial charge in [-0.1, -0.05) is 11.6 Å². The molecule has 0 aliphatic heterocycles. The standard InChI is InChI=1S/C11H18O3/c1-8(2)5-4-6-10(13)7-11(14)9(3)12/h5,11,14H,4,6-7H2,1-3H3. The molecule has 0 rings (SSSR count). The lowest BCUT2D eigenvalue weighted by molar-refractivity contribution is -0.130. The molecule has 0 amide bonds. The number of hydrogen-bond donors (Lipinski definition) is 1. The summed E-state index contributed by atoms with van der Waals surface area (Å²) in [6.07, 6.45) is 1.89. The van der Waals surface area contributed by atoms with Crippen molar-refractivity contribution in [1.29, 1.82) is 0 Å². The molecule has 0 bridgehead atoms. The Labute approximate surface area is 84.8 Å². The van der Waals surface area contributed by atoms with Crippen LogP contribution in [-0.2, 0) is 9.59 Å². The Bertz CT molecular complexity index is 237. The maximum atomic E-state index is 11.2. The van der Waals surface area contributed by atoms with Crippen LogP contribution in [-0.4, -0.2) is 22.8 Å². The van der Waals surface area contributed by atoms with Gasteiger partial charge in [-0.25, -0.2) is 0 Å². The van der Waals surface area contributed by atoms with Gasteiger partial charge >= 0.3 is 0 Å². The van der Waals surface area contributed by atoms with Crippen molar-refractivity contribution in [2.24, 2.45) is 0 Å². The SMILES string of the molecule is CC(=O)C(O)CC(=O)CCC=C(C)C. The van der Waals surface area contributed by atoms with E-state index in [2.05, 4.69) is 0 Å². The largest absolute Gasteiger partial charge is 0.385 e. The number of ketones is 2. The lowest BCUT2D eigenvalue weighted by Gasteiger charge is -2.04. The van der Waals surface area contributed by atoms with Crippen LogP contribution in [0.15, 0.2) is 11.6 Å². The molecular weight excluding hydrogens is 180 g/mol. The van der Waals surface area contributed by atoms with E-state index < -0.39 is 6.10 Å². The van der Waals surface area contributed by atoms with Gasteiger partial charge in [-0.05, 0) is 27.2 Å². The van der Waals surface area contributed by atoms with E-state index in [1.54, 1.807) is 0 Å². The van der Waals surface area contributed by atoms with E-state index in [0.717, 1.165) is 0 Å². The molecule has 80 valence electrons. The Morgan fingerprint density at radius 2 is 1.86 bits per heavy atom. The quantitative estimate of drug-likeness (QED) is 0.660. The number of aliphatic hydroxyl groups excluding tert-OH is 1. The van der Waals surface area contributed by atoms with Gasteiger partial charge in [0.2, 0.25) is 0 Å². The van der Waals surface area contributed by atoms with Gasteiger partial charge in [0.05, 0.1) is 0 Å². The zero-order valence-corrected chi connectivity index (χ0v) is 9.04. The number of allylic oxidation sites excluding steroid dienone is 2. The molecular formula is C11H18O3. The van der Waals surface area contributed by atoms with Crippen molar-refractivity contribution in [2.75, 3.05) is 0 Å². The number of carbonyl (C=O) groups is 2. The summed E-state index contributed by atoms with van der Waals surface area (Å²) in [7, 11) is 0. The molecule has 0 heterocycles. The average Bonchev–Trinajstić information content (AvgIpc) is 2.02. The molecule has 0 spiro atoms. The zero-order valence-electron chi connectivity index (χ0n) is 9.04. The van der Waals surface area contributed by atoms with Gasteiger partial charge < -0.3 is 5.11 Å². The maximum absolute atomic E-state index is 11.2. The summed E-state index contributed by atoms with van der Waals surface area (Å²) in [6, 6.07) is 0. The van der Waals surface area contributed by atoms with Crippen molar-refractivity contribution in [3.05, 3.63) is 11.6 Å². The summed E-state index contributed by atoms with van der Waals surface area (Å²) in [4.78, 5) is 21.8. The molecule has 1 unspecified atom stereocenters. The van der Waals surface area contributed by atoms with Gasteiger partial charge in [-0.3, -0.25) is 9.59 Å². The molecule has 0 radical (unpaired) electrons. The summed E-state index contributed by atoms with van der Waals surface area (Å²) in [6.45, 7) is 5.22. The molecule has 0 aromatic heterocycles. The van der Waals surface area contributed by atoms with Gasteiger partial charge in [0, 0.05) is 12.8 Å². The third kappa shape index (κ3) is 6.54. The van der Waals surface area contributed by atoms with Crippen molar-refractivity contribution < 1.29 is 14.7 Å². The Kier molecular flexibility index (Phi) is 6.04. The van der Waals surface area contributed by atoms with Crippen molar-refractivity contribution in [3.63, 3.8) is 0 Å². The van der Waals surface area contributed by atoms with E-state index in [-0.39, 0.29) is 18.0 Å². The molecule has 0 aliphatic rings. The number of carbonyl (C=O) groups excluding carboxylic acids is 2. The maximum Gasteiger partial charge on any atom is 0.158 e. The van der Waals surface area contributed by atoms with Gasteiger partial charge in [-0.15, -0.1) is 0 Å². The Morgan fingerprint density at radius 3 is 2.29 bits per heavy atom. The van der Waals surface area contributed by atoms with Crippen molar-refractivity contribution in [1.82, 2.24) is 0 Å². The van der Waals surface area contributed by atoms with E-state index >= 15 is 0 Å². The highest BCUT2D eigenvalue weighted by molar-refractivity contribution is 5.88. The monoisotopic (exact) mass is 198 g/mol. The number of rotatable bonds is 6. The third-order valence-corrected chi connectivity index (χ3v) is 1.87. The van der Waals surface area contributed by atoms with Crippen LogP contribution in [0.5, 0.6) is 0 Å². The molecule has 0 saturated carbocycles. The first-order valence-corrected chi connectivity index (χ1v) is 4.77. The summed E-state index contributed by atoms with van der Waals surface area (Å²) < 4.78 is 0. The van der Waals surface area contributed by atoms with Gasteiger partial charge in [0.25, 0.3) is 0 Å². The van der Waals surface area contributed by atoms with Crippen LogP contribution in [0.1, 0.15) is 40.0 Å². The first-order valence-electron chi connectivity index (χ1n) is 4.77. The van der Waals surface area contributed by atoms with Crippen LogP contribution in [0, 0.1) is 0 Å². The van der Waals surface area contributed by atoms with E-state index in [4.69, 9.17) is 5.11 Å². The molecule has 0 aromatic rings. The highest BCUT2D eigenvalue weighted by Gasteiger charge is 2.13. The van der Waals surface area contributed by atoms with Gasteiger partial charge in [0.15, 0.2) is 5.78 Å². The summed E-state index contributed by atoms with van der Waals surface area (Å²) in [5.41, 5.74) is 1.17. The van der Waals surface area contributed by atoms with Crippen molar-refractivity contribution >= 4 is 11.6 Å². The van der Waals surface area contributed by atoms with Crippen LogP contribution in [0.2, 0.25) is 0 Å². The Morgan fingerprint density at radius 1 is 1.29 bits per heavy atom. The third-order valence-electron chi connectivity index (χ3n) is 1.87. The molecule has 1 N–H and O–H groups in total. The molecule has 14 heavy (non-hydrogen) atoms. The topological polar surface area (TPSA) is 54.4 Å². The van der Waals surface area contributed by atoms with Gasteiger partial charge in [0.1, 0.15) is 11.9 Å². The first kappa shape index (κ1) is 13.0. The second-order valence-electron chi connectivity index (χ2n) is 3.69. The number of Topliss-reactive ketones (excluding diaryl/α,β-unsaturated/α-hetero) is 2. The fourth-order valence-corrected chi connectivity index (χ4v) is 0.983. The van der Waals surface area contributed by atoms with Crippen LogP contribution in [0.25, 0.3) is 0 Å². The first-order chi connectivity index (χ1) is 6.43. The van der Waals surface area contributed by atoms with E-state index in [0.29, 0.717) is 12.8 Å². The van der Waals surface area contributed by atoms with Crippen LogP contribution >= 0.6 is 0 Å². The summed E-state index contributed by atoms with van der Waals surface area (Å²) >= 11 is 0. The van der Waals surface area contributed by atoms with Crippen LogP contribution in [0.4, 0.5) is 0 Å². The van der Waals surface area contributed by atoms with Crippen molar-refractivity contribution in [3.8, 4) is 0 Å². The van der Waals surface area contributed by atoms with Crippen molar-refractivity contribution in [2.45, 2.75) is 46.1 Å². The second kappa shape index (κ2) is 6.49. The average molecular weight is 198 g/mol.